The Kier molecular flexibility index (Phi) is 3.00. The second-order valence-electron chi connectivity index (χ2n) is 1.26. The van der Waals surface area contributed by atoms with Gasteiger partial charge in [0.05, 0.1) is 6.42 Å². The Morgan fingerprint density at radius 3 is 2.44 bits per heavy atom. The molecular weight excluding hydrogens is 135 g/mol. The third-order valence-corrected chi connectivity index (χ3v) is 0.489. The number of nitrogens with one attached hydrogen (secondary N) is 1. The predicted octanol–water partition coefficient (Wildman–Crippen LogP) is 0.388. The Bertz CT molecular complexity index is 97.0. The SMILES string of the molecule is NN/N=C/CC(F)(F)F. The van der Waals surface area contributed by atoms with Gasteiger partial charge >= 0.3 is 6.18 Å². The Balaban J connectivity index is 3.38. The van der Waals surface area contributed by atoms with E-state index in [1.807, 2.05) is 0 Å². The van der Waals surface area contributed by atoms with Crippen LogP contribution in [0, 0.1) is 0 Å². The first-order valence-electron chi connectivity index (χ1n) is 2.10. The molecule has 9 heavy (non-hydrogen) atoms. The molecule has 0 spiro atoms. The molecule has 0 aromatic rings. The summed E-state index contributed by atoms with van der Waals surface area (Å²) in [6, 6.07) is 0. The molecule has 0 radical (unpaired) electrons. The fourth-order valence-electron chi connectivity index (χ4n) is 0.202. The molecule has 0 fully saturated rings. The van der Waals surface area contributed by atoms with Crippen LogP contribution in [0.15, 0.2) is 5.10 Å². The van der Waals surface area contributed by atoms with Gasteiger partial charge in [0.1, 0.15) is 0 Å². The maximum atomic E-state index is 11.2. The van der Waals surface area contributed by atoms with Crippen molar-refractivity contribution in [1.82, 2.24) is 5.53 Å². The van der Waals surface area contributed by atoms with Gasteiger partial charge in [-0.05, 0) is 0 Å². The predicted molar refractivity (Wildman–Crippen MR) is 26.5 cm³/mol. The summed E-state index contributed by atoms with van der Waals surface area (Å²) in [5.74, 6) is 4.54. The monoisotopic (exact) mass is 141 g/mol. The van der Waals surface area contributed by atoms with Gasteiger partial charge in [0.25, 0.3) is 0 Å². The minimum absolute atomic E-state index is 0.653. The lowest BCUT2D eigenvalue weighted by molar-refractivity contribution is -0.120. The fraction of sp³-hybridized carbons (Fsp3) is 0.667. The van der Waals surface area contributed by atoms with Crippen molar-refractivity contribution < 1.29 is 13.2 Å². The van der Waals surface area contributed by atoms with Crippen LogP contribution in [-0.2, 0) is 0 Å². The van der Waals surface area contributed by atoms with Crippen LogP contribution in [0.2, 0.25) is 0 Å². The van der Waals surface area contributed by atoms with Crippen molar-refractivity contribution in [3.63, 3.8) is 0 Å². The number of hydrogen-bond acceptors (Lipinski definition) is 3. The molecule has 0 aromatic carbocycles. The van der Waals surface area contributed by atoms with E-state index in [4.69, 9.17) is 0 Å². The third-order valence-electron chi connectivity index (χ3n) is 0.489. The van der Waals surface area contributed by atoms with E-state index in [0.29, 0.717) is 6.21 Å². The molecule has 0 heterocycles. The van der Waals surface area contributed by atoms with Gasteiger partial charge in [-0.2, -0.15) is 18.3 Å². The fourth-order valence-corrected chi connectivity index (χ4v) is 0.202. The smallest absolute Gasteiger partial charge is 0.246 e. The lowest BCUT2D eigenvalue weighted by Crippen LogP contribution is -2.15. The largest absolute Gasteiger partial charge is 0.394 e. The second-order valence-corrected chi connectivity index (χ2v) is 1.26. The van der Waals surface area contributed by atoms with Gasteiger partial charge in [-0.15, -0.1) is 0 Å². The van der Waals surface area contributed by atoms with Crippen molar-refractivity contribution in [3.05, 3.63) is 0 Å². The molecule has 0 aromatic heterocycles. The van der Waals surface area contributed by atoms with Crippen molar-refractivity contribution in [2.24, 2.45) is 10.9 Å². The van der Waals surface area contributed by atoms with E-state index in [1.54, 1.807) is 5.53 Å². The summed E-state index contributed by atoms with van der Waals surface area (Å²) in [5.41, 5.74) is 1.71. The molecule has 3 nitrogen and oxygen atoms in total. The average Bonchev–Trinajstić information content (AvgIpc) is 1.63. The zero-order valence-corrected chi connectivity index (χ0v) is 4.44. The number of hydrazone groups is 1. The first-order chi connectivity index (χ1) is 4.06. The number of hydrazine groups is 1. The highest BCUT2D eigenvalue weighted by atomic mass is 19.4. The molecule has 3 N–H and O–H groups in total. The molecule has 54 valence electrons. The number of nitrogens with two attached hydrogens (primary N) is 1. The molecule has 0 saturated carbocycles. The van der Waals surface area contributed by atoms with Crippen molar-refractivity contribution in [2.45, 2.75) is 12.6 Å². The quantitative estimate of drug-likeness (QED) is 0.332. The molecule has 0 saturated heterocycles. The molecule has 0 aliphatic heterocycles. The Hall–Kier alpha value is -0.780. The molecule has 6 heteroatoms. The highest BCUT2D eigenvalue weighted by Gasteiger charge is 2.25. The van der Waals surface area contributed by atoms with E-state index in [1.165, 1.54) is 0 Å². The van der Waals surface area contributed by atoms with Crippen molar-refractivity contribution in [1.29, 1.82) is 0 Å². The third kappa shape index (κ3) is 7.22. The number of alkyl halides is 3. The summed E-state index contributed by atoms with van der Waals surface area (Å²) >= 11 is 0. The van der Waals surface area contributed by atoms with E-state index < -0.39 is 12.6 Å². The van der Waals surface area contributed by atoms with Crippen LogP contribution in [0.4, 0.5) is 13.2 Å². The molecule has 0 aliphatic rings. The molecular formula is C3H6F3N3. The summed E-state index contributed by atoms with van der Waals surface area (Å²) in [6.45, 7) is 0. The number of hydrogen-bond donors (Lipinski definition) is 2. The molecule has 0 amide bonds. The molecule has 0 aliphatic carbocycles. The first-order valence-corrected chi connectivity index (χ1v) is 2.10. The number of nitrogens with zero attached hydrogens (tertiary/aromatic N) is 1. The van der Waals surface area contributed by atoms with Gasteiger partial charge in [-0.25, -0.2) is 11.4 Å². The Morgan fingerprint density at radius 2 is 2.11 bits per heavy atom. The minimum Gasteiger partial charge on any atom is -0.246 e. The summed E-state index contributed by atoms with van der Waals surface area (Å²) in [6.07, 6.45) is -4.60. The van der Waals surface area contributed by atoms with Gasteiger partial charge in [0, 0.05) is 6.21 Å². The van der Waals surface area contributed by atoms with Gasteiger partial charge < -0.3 is 0 Å². The van der Waals surface area contributed by atoms with Crippen LogP contribution in [0.5, 0.6) is 0 Å². The second kappa shape index (κ2) is 3.29. The summed E-state index contributed by atoms with van der Waals surface area (Å²) in [5, 5.41) is 2.94. The van der Waals surface area contributed by atoms with Gasteiger partial charge in [0.15, 0.2) is 0 Å². The van der Waals surface area contributed by atoms with E-state index in [-0.39, 0.29) is 0 Å². The van der Waals surface area contributed by atoms with Crippen LogP contribution in [0.1, 0.15) is 6.42 Å². The zero-order chi connectivity index (χ0) is 7.33. The first kappa shape index (κ1) is 8.22. The van der Waals surface area contributed by atoms with Gasteiger partial charge in [-0.1, -0.05) is 0 Å². The van der Waals surface area contributed by atoms with Crippen LogP contribution >= 0.6 is 0 Å². The van der Waals surface area contributed by atoms with Crippen molar-refractivity contribution in [3.8, 4) is 0 Å². The average molecular weight is 141 g/mol. The zero-order valence-electron chi connectivity index (χ0n) is 4.44. The minimum atomic E-state index is -4.19. The molecule has 0 rings (SSSR count). The summed E-state index contributed by atoms with van der Waals surface area (Å²) in [7, 11) is 0. The summed E-state index contributed by atoms with van der Waals surface area (Å²) in [4.78, 5) is 0. The van der Waals surface area contributed by atoms with Crippen LogP contribution in [0.25, 0.3) is 0 Å². The number of halogens is 3. The Labute approximate surface area is 49.7 Å². The van der Waals surface area contributed by atoms with E-state index in [9.17, 15) is 13.2 Å². The van der Waals surface area contributed by atoms with E-state index in [2.05, 4.69) is 10.9 Å². The molecule has 0 unspecified atom stereocenters. The highest BCUT2D eigenvalue weighted by Crippen LogP contribution is 2.17. The standard InChI is InChI=1S/C3H6F3N3/c4-3(5,6)1-2-8-9-7/h2,9H,1,7H2/b8-2+. The van der Waals surface area contributed by atoms with Crippen LogP contribution in [-0.4, -0.2) is 12.4 Å². The molecule has 0 atom stereocenters. The normalized spacial score (nSPS) is 12.4. The van der Waals surface area contributed by atoms with Gasteiger partial charge in [0.2, 0.25) is 0 Å². The summed E-state index contributed by atoms with van der Waals surface area (Å²) < 4.78 is 33.7. The maximum Gasteiger partial charge on any atom is 0.394 e. The van der Waals surface area contributed by atoms with Crippen molar-refractivity contribution in [2.75, 3.05) is 0 Å². The van der Waals surface area contributed by atoms with Crippen LogP contribution in [0.3, 0.4) is 0 Å². The lowest BCUT2D eigenvalue weighted by atomic mass is 10.5. The molecule has 0 bridgehead atoms. The van der Waals surface area contributed by atoms with Crippen LogP contribution < -0.4 is 11.4 Å². The lowest BCUT2D eigenvalue weighted by Gasteiger charge is -1.98. The van der Waals surface area contributed by atoms with Gasteiger partial charge in [-0.3, -0.25) is 0 Å². The number of rotatable bonds is 2. The van der Waals surface area contributed by atoms with E-state index >= 15 is 0 Å². The topological polar surface area (TPSA) is 50.4 Å². The maximum absolute atomic E-state index is 11.2. The van der Waals surface area contributed by atoms with E-state index in [0.717, 1.165) is 0 Å². The Morgan fingerprint density at radius 1 is 1.56 bits per heavy atom. The van der Waals surface area contributed by atoms with Crippen molar-refractivity contribution >= 4 is 6.21 Å². The highest BCUT2D eigenvalue weighted by molar-refractivity contribution is 5.57.